The summed E-state index contributed by atoms with van der Waals surface area (Å²) in [4.78, 5) is 28.1. The van der Waals surface area contributed by atoms with Crippen LogP contribution in [-0.4, -0.2) is 54.2 Å². The minimum Gasteiger partial charge on any atom is -0.496 e. The van der Waals surface area contributed by atoms with Crippen molar-refractivity contribution >= 4 is 34.3 Å². The molecule has 0 saturated carbocycles. The Morgan fingerprint density at radius 1 is 0.476 bits per heavy atom. The van der Waals surface area contributed by atoms with Gasteiger partial charge in [0, 0.05) is 35.4 Å². The molecule has 5 rings (SSSR count). The zero-order valence-corrected chi connectivity index (χ0v) is 24.0. The van der Waals surface area contributed by atoms with Gasteiger partial charge in [-0.05, 0) is 12.1 Å². The number of carbonyl (C=O) groups excluding carboxylic acids is 2. The van der Waals surface area contributed by atoms with Gasteiger partial charge in [-0.15, -0.1) is 0 Å². The van der Waals surface area contributed by atoms with Gasteiger partial charge in [-0.2, -0.15) is 0 Å². The van der Waals surface area contributed by atoms with Crippen LogP contribution in [0.3, 0.4) is 0 Å². The van der Waals surface area contributed by atoms with Crippen LogP contribution in [0.4, 0.5) is 22.7 Å². The topological polar surface area (TPSA) is 114 Å². The van der Waals surface area contributed by atoms with Crippen LogP contribution in [0.1, 0.15) is 31.8 Å². The third-order valence-electron chi connectivity index (χ3n) is 7.03. The van der Waals surface area contributed by atoms with Gasteiger partial charge < -0.3 is 39.1 Å². The number of benzene rings is 4. The number of carbonyl (C=O) groups is 2. The molecule has 216 valence electrons. The fourth-order valence-corrected chi connectivity index (χ4v) is 4.96. The van der Waals surface area contributed by atoms with Crippen molar-refractivity contribution in [3.63, 3.8) is 0 Å². The van der Waals surface area contributed by atoms with Crippen LogP contribution in [0.2, 0.25) is 0 Å². The number of ether oxygens (including phenoxy) is 6. The first-order valence-electron chi connectivity index (χ1n) is 12.9. The third kappa shape index (κ3) is 4.77. The molecule has 0 aromatic heterocycles. The van der Waals surface area contributed by atoms with Crippen molar-refractivity contribution in [1.29, 1.82) is 0 Å². The van der Waals surface area contributed by atoms with E-state index in [1.807, 2.05) is 0 Å². The average molecular weight is 571 g/mol. The Morgan fingerprint density at radius 3 is 1.10 bits per heavy atom. The van der Waals surface area contributed by atoms with E-state index in [0.29, 0.717) is 68.4 Å². The Bertz CT molecular complexity index is 1520. The number of rotatable bonds is 10. The summed E-state index contributed by atoms with van der Waals surface area (Å²) >= 11 is 0. The van der Waals surface area contributed by atoms with Gasteiger partial charge in [0.1, 0.15) is 45.9 Å². The van der Waals surface area contributed by atoms with Crippen molar-refractivity contribution in [1.82, 2.24) is 0 Å². The molecule has 1 aliphatic rings. The quantitative estimate of drug-likeness (QED) is 0.207. The molecular weight excluding hydrogens is 540 g/mol. The molecule has 0 spiro atoms. The van der Waals surface area contributed by atoms with E-state index in [2.05, 4.69) is 10.6 Å². The molecule has 0 saturated heterocycles. The fraction of sp³-hybridized carbons (Fsp3) is 0.188. The Labute approximate surface area is 243 Å². The van der Waals surface area contributed by atoms with Gasteiger partial charge in [-0.3, -0.25) is 9.59 Å². The summed E-state index contributed by atoms with van der Waals surface area (Å²) in [5.74, 6) is 2.11. The standard InChI is InChI=1S/C32H30N2O8/c1-37-17-13-23(39-3)29(24(14-17)40-4)33-21-11-12-22(34-30-25(41-5)15-18(38-2)16-26(30)42-6)28-27(21)31(35)19-9-7-8-10-20(19)32(28)36/h7-16,33-34H,1-6H3. The van der Waals surface area contributed by atoms with Crippen molar-refractivity contribution in [2.24, 2.45) is 0 Å². The van der Waals surface area contributed by atoms with E-state index in [-0.39, 0.29) is 22.7 Å². The molecule has 4 aromatic rings. The molecule has 0 radical (unpaired) electrons. The lowest BCUT2D eigenvalue weighted by Gasteiger charge is -2.25. The molecular formula is C32H30N2O8. The van der Waals surface area contributed by atoms with Gasteiger partial charge in [-0.1, -0.05) is 24.3 Å². The molecule has 4 aromatic carbocycles. The van der Waals surface area contributed by atoms with Crippen LogP contribution in [0.15, 0.2) is 60.7 Å². The van der Waals surface area contributed by atoms with Crippen LogP contribution in [0.25, 0.3) is 0 Å². The second-order valence-corrected chi connectivity index (χ2v) is 9.18. The van der Waals surface area contributed by atoms with E-state index in [0.717, 1.165) is 0 Å². The molecule has 10 heteroatoms. The number of hydrogen-bond donors (Lipinski definition) is 2. The van der Waals surface area contributed by atoms with Gasteiger partial charge in [0.2, 0.25) is 0 Å². The molecule has 1 aliphatic carbocycles. The number of nitrogens with one attached hydrogen (secondary N) is 2. The largest absolute Gasteiger partial charge is 0.496 e. The van der Waals surface area contributed by atoms with Crippen molar-refractivity contribution in [3.8, 4) is 34.5 Å². The van der Waals surface area contributed by atoms with Crippen LogP contribution < -0.4 is 39.1 Å². The molecule has 2 N–H and O–H groups in total. The van der Waals surface area contributed by atoms with E-state index < -0.39 is 0 Å². The molecule has 0 amide bonds. The first-order chi connectivity index (χ1) is 20.4. The summed E-state index contributed by atoms with van der Waals surface area (Å²) in [6.07, 6.45) is 0. The van der Waals surface area contributed by atoms with Crippen LogP contribution in [-0.2, 0) is 0 Å². The van der Waals surface area contributed by atoms with Crippen molar-refractivity contribution in [2.45, 2.75) is 0 Å². The molecule has 10 nitrogen and oxygen atoms in total. The number of fused-ring (bicyclic) bond motifs is 2. The lowest BCUT2D eigenvalue weighted by molar-refractivity contribution is 0.0980. The second-order valence-electron chi connectivity index (χ2n) is 9.18. The minimum absolute atomic E-state index is 0.190. The molecule has 0 unspecified atom stereocenters. The van der Waals surface area contributed by atoms with Crippen LogP contribution in [0, 0.1) is 0 Å². The molecule has 0 aliphatic heterocycles. The SMILES string of the molecule is COc1cc(OC)c(Nc2ccc(Nc3c(OC)cc(OC)cc3OC)c3c2C(=O)c2ccccc2C3=O)c(OC)c1. The summed E-state index contributed by atoms with van der Waals surface area (Å²) in [5.41, 5.74) is 2.69. The monoisotopic (exact) mass is 570 g/mol. The highest BCUT2D eigenvalue weighted by Crippen LogP contribution is 2.46. The van der Waals surface area contributed by atoms with Crippen molar-refractivity contribution in [2.75, 3.05) is 53.3 Å². The van der Waals surface area contributed by atoms with Crippen molar-refractivity contribution in [3.05, 3.63) is 82.9 Å². The molecule has 0 bridgehead atoms. The Hall–Kier alpha value is -5.38. The van der Waals surface area contributed by atoms with E-state index in [1.165, 1.54) is 42.7 Å². The van der Waals surface area contributed by atoms with Gasteiger partial charge in [0.25, 0.3) is 0 Å². The summed E-state index contributed by atoms with van der Waals surface area (Å²) in [5, 5.41) is 6.57. The van der Waals surface area contributed by atoms with E-state index >= 15 is 0 Å². The zero-order chi connectivity index (χ0) is 30.0. The van der Waals surface area contributed by atoms with E-state index in [1.54, 1.807) is 60.7 Å². The predicted octanol–water partition coefficient (Wildman–Crippen LogP) is 6.00. The summed E-state index contributed by atoms with van der Waals surface area (Å²) < 4.78 is 33.1. The number of hydrogen-bond acceptors (Lipinski definition) is 10. The maximum atomic E-state index is 14.0. The zero-order valence-electron chi connectivity index (χ0n) is 24.0. The summed E-state index contributed by atoms with van der Waals surface area (Å²) in [6.45, 7) is 0. The summed E-state index contributed by atoms with van der Waals surface area (Å²) in [6, 6.07) is 16.9. The van der Waals surface area contributed by atoms with Crippen LogP contribution >= 0.6 is 0 Å². The highest BCUT2D eigenvalue weighted by molar-refractivity contribution is 6.32. The van der Waals surface area contributed by atoms with E-state index in [4.69, 9.17) is 28.4 Å². The molecule has 42 heavy (non-hydrogen) atoms. The number of anilines is 4. The van der Waals surface area contributed by atoms with E-state index in [9.17, 15) is 9.59 Å². The summed E-state index contributed by atoms with van der Waals surface area (Å²) in [7, 11) is 9.14. The number of ketones is 2. The Kier molecular flexibility index (Phi) is 7.79. The van der Waals surface area contributed by atoms with Crippen LogP contribution in [0.5, 0.6) is 34.5 Å². The minimum atomic E-state index is -0.313. The normalized spacial score (nSPS) is 11.7. The lowest BCUT2D eigenvalue weighted by atomic mass is 9.82. The first-order valence-corrected chi connectivity index (χ1v) is 12.9. The van der Waals surface area contributed by atoms with Gasteiger partial charge in [-0.25, -0.2) is 0 Å². The molecule has 0 heterocycles. The Balaban J connectivity index is 1.72. The maximum Gasteiger partial charge on any atom is 0.196 e. The highest BCUT2D eigenvalue weighted by atomic mass is 16.5. The van der Waals surface area contributed by atoms with Gasteiger partial charge in [0.05, 0.1) is 65.2 Å². The highest BCUT2D eigenvalue weighted by Gasteiger charge is 2.35. The average Bonchev–Trinajstić information content (AvgIpc) is 3.03. The first kappa shape index (κ1) is 28.2. The Morgan fingerprint density at radius 2 is 0.810 bits per heavy atom. The number of methoxy groups -OCH3 is 6. The smallest absolute Gasteiger partial charge is 0.196 e. The lowest BCUT2D eigenvalue weighted by Crippen LogP contribution is -2.23. The second kappa shape index (κ2) is 11.6. The molecule has 0 atom stereocenters. The predicted molar refractivity (Wildman–Crippen MR) is 159 cm³/mol. The van der Waals surface area contributed by atoms with Gasteiger partial charge in [0.15, 0.2) is 11.6 Å². The van der Waals surface area contributed by atoms with Gasteiger partial charge >= 0.3 is 0 Å². The third-order valence-corrected chi connectivity index (χ3v) is 7.03. The fourth-order valence-electron chi connectivity index (χ4n) is 4.96. The van der Waals surface area contributed by atoms with Crippen molar-refractivity contribution < 1.29 is 38.0 Å². The molecule has 0 fully saturated rings. The maximum absolute atomic E-state index is 14.0.